The predicted octanol–water partition coefficient (Wildman–Crippen LogP) is 3.64. The zero-order chi connectivity index (χ0) is 18.1. The summed E-state index contributed by atoms with van der Waals surface area (Å²) in [5.74, 6) is 2.63. The third-order valence-corrected chi connectivity index (χ3v) is 9.57. The average molecular weight is 356 g/mol. The molecule has 4 fully saturated rings. The largest absolute Gasteiger partial charge is 0.451 e. The van der Waals surface area contributed by atoms with Gasteiger partial charge in [-0.05, 0) is 61.2 Å². The number of rotatable bonds is 2. The van der Waals surface area contributed by atoms with Crippen LogP contribution in [-0.4, -0.2) is 24.0 Å². The molecule has 4 aliphatic carbocycles. The van der Waals surface area contributed by atoms with Gasteiger partial charge < -0.3 is 14.3 Å². The van der Waals surface area contributed by atoms with Gasteiger partial charge in [0.15, 0.2) is 11.5 Å². The standard InChI is InChI=1S/C22H28O4/c1-11(10-23)12-4-5-13-16-14(6-8-20(12,13)2)21(3)9-7-15(24)17-18(21)22(25-17)19(16)26-22/h10-14,16,19H,4-9H2,1-3H3/t11?,12-,13+,14+,16+,19+,20-,21-,22+/m1/s1. The molecule has 140 valence electrons. The number of ketones is 1. The minimum atomic E-state index is -0.548. The second-order valence-corrected chi connectivity index (χ2v) is 10.4. The number of Topliss-reactive ketones (excluding diaryl/α,β-unsaturated/α-hetero) is 1. The van der Waals surface area contributed by atoms with Crippen LogP contribution in [0.2, 0.25) is 0 Å². The second kappa shape index (κ2) is 4.45. The van der Waals surface area contributed by atoms with E-state index in [0.717, 1.165) is 19.1 Å². The Hall–Kier alpha value is -1.16. The van der Waals surface area contributed by atoms with Crippen LogP contribution in [0.3, 0.4) is 0 Å². The maximum atomic E-state index is 12.3. The van der Waals surface area contributed by atoms with Crippen LogP contribution in [0.5, 0.6) is 0 Å². The van der Waals surface area contributed by atoms with Gasteiger partial charge in [0, 0.05) is 17.8 Å². The molecule has 0 N–H and O–H groups in total. The van der Waals surface area contributed by atoms with Gasteiger partial charge in [0.2, 0.25) is 0 Å². The van der Waals surface area contributed by atoms with E-state index in [4.69, 9.17) is 9.47 Å². The number of hydrogen-bond acceptors (Lipinski definition) is 4. The molecule has 6 rings (SSSR count). The van der Waals surface area contributed by atoms with Crippen LogP contribution in [0.1, 0.15) is 59.3 Å². The van der Waals surface area contributed by atoms with Gasteiger partial charge in [0.05, 0.1) is 5.57 Å². The van der Waals surface area contributed by atoms with Crippen LogP contribution < -0.4 is 0 Å². The molecule has 4 heteroatoms. The molecule has 4 nitrogen and oxygen atoms in total. The Labute approximate surface area is 154 Å². The first kappa shape index (κ1) is 15.9. The molecule has 0 aromatic heterocycles. The molecule has 26 heavy (non-hydrogen) atoms. The lowest BCUT2D eigenvalue weighted by molar-refractivity contribution is -0.145. The molecule has 0 radical (unpaired) electrons. The van der Waals surface area contributed by atoms with Crippen molar-refractivity contribution in [3.05, 3.63) is 11.3 Å². The van der Waals surface area contributed by atoms with Gasteiger partial charge in [-0.2, -0.15) is 0 Å². The van der Waals surface area contributed by atoms with Crippen molar-refractivity contribution in [2.45, 2.75) is 71.2 Å². The molecular weight excluding hydrogens is 328 g/mol. The Bertz CT molecular complexity index is 770. The minimum Gasteiger partial charge on any atom is -0.451 e. The Morgan fingerprint density at radius 2 is 1.96 bits per heavy atom. The summed E-state index contributed by atoms with van der Waals surface area (Å²) in [6, 6.07) is 0. The van der Waals surface area contributed by atoms with E-state index in [9.17, 15) is 9.59 Å². The summed E-state index contributed by atoms with van der Waals surface area (Å²) in [5, 5.41) is 0. The third-order valence-electron chi connectivity index (χ3n) is 9.57. The van der Waals surface area contributed by atoms with Crippen molar-refractivity contribution in [1.82, 2.24) is 0 Å². The normalized spacial score (nSPS) is 57.0. The molecule has 6 aliphatic rings. The second-order valence-electron chi connectivity index (χ2n) is 10.4. The van der Waals surface area contributed by atoms with Crippen molar-refractivity contribution in [1.29, 1.82) is 0 Å². The number of hydrogen-bond donors (Lipinski definition) is 0. The molecule has 0 aromatic carbocycles. The highest BCUT2D eigenvalue weighted by molar-refractivity contribution is 5.98. The lowest BCUT2D eigenvalue weighted by Crippen LogP contribution is -2.60. The van der Waals surface area contributed by atoms with Gasteiger partial charge in [-0.3, -0.25) is 4.79 Å². The number of carbonyl (C=O) groups excluding carboxylic acids is 2. The lowest BCUT2D eigenvalue weighted by atomic mass is 9.45. The summed E-state index contributed by atoms with van der Waals surface area (Å²) >= 11 is 0. The summed E-state index contributed by atoms with van der Waals surface area (Å²) in [5.41, 5.74) is 1.52. The van der Waals surface area contributed by atoms with Crippen LogP contribution >= 0.6 is 0 Å². The van der Waals surface area contributed by atoms with Gasteiger partial charge in [-0.1, -0.05) is 20.8 Å². The summed E-state index contributed by atoms with van der Waals surface area (Å²) in [7, 11) is 0. The summed E-state index contributed by atoms with van der Waals surface area (Å²) in [6.07, 6.45) is 7.63. The van der Waals surface area contributed by atoms with Gasteiger partial charge in [-0.15, -0.1) is 0 Å². The maximum absolute atomic E-state index is 12.3. The number of fused-ring (bicyclic) bond motifs is 5. The van der Waals surface area contributed by atoms with Crippen LogP contribution in [0.4, 0.5) is 0 Å². The average Bonchev–Trinajstić information content (AvgIpc) is 3.26. The first-order valence-corrected chi connectivity index (χ1v) is 10.5. The molecule has 1 unspecified atom stereocenters. The molecule has 0 amide bonds. The van der Waals surface area contributed by atoms with Crippen molar-refractivity contribution < 1.29 is 19.1 Å². The van der Waals surface area contributed by atoms with Crippen molar-refractivity contribution in [2.24, 2.45) is 40.4 Å². The summed E-state index contributed by atoms with van der Waals surface area (Å²) in [4.78, 5) is 23.8. The number of ether oxygens (including phenoxy) is 2. The highest BCUT2D eigenvalue weighted by atomic mass is 16.8. The molecule has 3 saturated carbocycles. The van der Waals surface area contributed by atoms with Gasteiger partial charge in [0.1, 0.15) is 12.4 Å². The van der Waals surface area contributed by atoms with Gasteiger partial charge >= 0.3 is 0 Å². The van der Waals surface area contributed by atoms with E-state index in [1.54, 1.807) is 0 Å². The number of aldehydes is 1. The van der Waals surface area contributed by atoms with Crippen LogP contribution in [-0.2, 0) is 19.1 Å². The Balaban J connectivity index is 1.43. The fourth-order valence-corrected chi connectivity index (χ4v) is 8.33. The Morgan fingerprint density at radius 1 is 1.15 bits per heavy atom. The number of epoxide rings is 1. The topological polar surface area (TPSA) is 55.9 Å². The van der Waals surface area contributed by atoms with E-state index >= 15 is 0 Å². The van der Waals surface area contributed by atoms with E-state index < -0.39 is 5.79 Å². The molecular formula is C22H28O4. The van der Waals surface area contributed by atoms with Gasteiger partial charge in [-0.25, -0.2) is 0 Å². The Kier molecular flexibility index (Phi) is 2.72. The SMILES string of the molecule is CC(C=O)[C@H]1CC[C@H]2[C@@H]3[C@@H]4O[C@]45OC4=C5[C@](C)(CCC4=O)[C@H]3CC[C@]12C. The van der Waals surface area contributed by atoms with E-state index in [1.165, 1.54) is 24.8 Å². The van der Waals surface area contributed by atoms with E-state index in [0.29, 0.717) is 35.9 Å². The van der Waals surface area contributed by atoms with E-state index in [2.05, 4.69) is 20.8 Å². The van der Waals surface area contributed by atoms with Crippen molar-refractivity contribution in [3.63, 3.8) is 0 Å². The van der Waals surface area contributed by atoms with Crippen LogP contribution in [0.15, 0.2) is 11.3 Å². The van der Waals surface area contributed by atoms with Crippen molar-refractivity contribution in [2.75, 3.05) is 0 Å². The zero-order valence-electron chi connectivity index (χ0n) is 15.9. The third kappa shape index (κ3) is 1.48. The highest BCUT2D eigenvalue weighted by Crippen LogP contribution is 2.77. The molecule has 2 heterocycles. The minimum absolute atomic E-state index is 0.0643. The molecule has 2 aliphatic heterocycles. The fraction of sp³-hybridized carbons (Fsp3) is 0.818. The predicted molar refractivity (Wildman–Crippen MR) is 93.8 cm³/mol. The van der Waals surface area contributed by atoms with Crippen molar-refractivity contribution >= 4 is 12.1 Å². The van der Waals surface area contributed by atoms with Gasteiger partial charge in [0.25, 0.3) is 5.79 Å². The maximum Gasteiger partial charge on any atom is 0.265 e. The lowest BCUT2D eigenvalue weighted by Gasteiger charge is -2.60. The monoisotopic (exact) mass is 356 g/mol. The van der Waals surface area contributed by atoms with E-state index in [1.807, 2.05) is 0 Å². The number of carbonyl (C=O) groups is 2. The molecule has 1 spiro atoms. The highest BCUT2D eigenvalue weighted by Gasteiger charge is 2.83. The Morgan fingerprint density at radius 3 is 2.73 bits per heavy atom. The van der Waals surface area contributed by atoms with Crippen LogP contribution in [0.25, 0.3) is 0 Å². The smallest absolute Gasteiger partial charge is 0.265 e. The quantitative estimate of drug-likeness (QED) is 0.560. The van der Waals surface area contributed by atoms with Crippen molar-refractivity contribution in [3.8, 4) is 0 Å². The summed E-state index contributed by atoms with van der Waals surface area (Å²) < 4.78 is 12.3. The zero-order valence-corrected chi connectivity index (χ0v) is 15.9. The molecule has 0 bridgehead atoms. The molecule has 1 saturated heterocycles. The first-order valence-electron chi connectivity index (χ1n) is 10.5. The molecule has 0 aromatic rings. The first-order chi connectivity index (χ1) is 12.4. The summed E-state index contributed by atoms with van der Waals surface area (Å²) in [6.45, 7) is 6.91. The van der Waals surface area contributed by atoms with Crippen LogP contribution in [0, 0.1) is 40.4 Å². The fourth-order valence-electron chi connectivity index (χ4n) is 8.33. The molecule has 9 atom stereocenters. The van der Waals surface area contributed by atoms with E-state index in [-0.39, 0.29) is 28.6 Å².